The number of carbonyl (C=O) groups is 1. The SMILES string of the molecule is CCC(C)(C)c1ccc(S(=O)(=O)N2CCN(C(=O)c3ccc(-c4noc(C)n4)cc3)CC2)cc1. The second kappa shape index (κ2) is 9.31. The number of rotatable bonds is 6. The van der Waals surface area contributed by atoms with Crippen molar-refractivity contribution in [2.24, 2.45) is 0 Å². The summed E-state index contributed by atoms with van der Waals surface area (Å²) in [5, 5.41) is 3.88. The molecular weight excluding hydrogens is 452 g/mol. The van der Waals surface area contributed by atoms with E-state index in [-0.39, 0.29) is 29.3 Å². The van der Waals surface area contributed by atoms with Crippen LogP contribution in [0.3, 0.4) is 0 Å². The summed E-state index contributed by atoms with van der Waals surface area (Å²) in [7, 11) is -3.61. The zero-order chi connectivity index (χ0) is 24.5. The minimum Gasteiger partial charge on any atom is -0.339 e. The lowest BCUT2D eigenvalue weighted by Crippen LogP contribution is -2.50. The Balaban J connectivity index is 1.40. The topological polar surface area (TPSA) is 96.6 Å². The van der Waals surface area contributed by atoms with Gasteiger partial charge in [-0.2, -0.15) is 9.29 Å². The molecule has 1 saturated heterocycles. The Kier molecular flexibility index (Phi) is 6.60. The molecule has 0 bridgehead atoms. The normalized spacial score (nSPS) is 15.5. The Morgan fingerprint density at radius 2 is 1.62 bits per heavy atom. The summed E-state index contributed by atoms with van der Waals surface area (Å²) < 4.78 is 32.7. The molecule has 2 aromatic carbocycles. The first kappa shape index (κ1) is 24.1. The molecule has 2 heterocycles. The lowest BCUT2D eigenvalue weighted by Gasteiger charge is -2.34. The maximum absolute atomic E-state index is 13.1. The van der Waals surface area contributed by atoms with Crippen LogP contribution in [0.1, 0.15) is 49.0 Å². The third-order valence-corrected chi connectivity index (χ3v) is 8.51. The van der Waals surface area contributed by atoms with Gasteiger partial charge >= 0.3 is 0 Å². The number of piperazine rings is 1. The van der Waals surface area contributed by atoms with Crippen LogP contribution in [-0.4, -0.2) is 59.8 Å². The quantitative estimate of drug-likeness (QED) is 0.529. The lowest BCUT2D eigenvalue weighted by molar-refractivity contribution is 0.0698. The number of carbonyl (C=O) groups excluding carboxylic acids is 1. The second-order valence-electron chi connectivity index (χ2n) is 9.17. The number of aryl methyl sites for hydroxylation is 1. The van der Waals surface area contributed by atoms with Crippen LogP contribution in [0.4, 0.5) is 0 Å². The van der Waals surface area contributed by atoms with Crippen LogP contribution < -0.4 is 0 Å². The number of amides is 1. The largest absolute Gasteiger partial charge is 0.339 e. The van der Waals surface area contributed by atoms with E-state index in [0.29, 0.717) is 30.4 Å². The van der Waals surface area contributed by atoms with Crippen LogP contribution in [0.15, 0.2) is 57.9 Å². The van der Waals surface area contributed by atoms with E-state index < -0.39 is 10.0 Å². The maximum atomic E-state index is 13.1. The molecule has 4 rings (SSSR count). The summed E-state index contributed by atoms with van der Waals surface area (Å²) in [6.45, 7) is 9.33. The average molecular weight is 483 g/mol. The van der Waals surface area contributed by atoms with Gasteiger partial charge in [0.15, 0.2) is 0 Å². The van der Waals surface area contributed by atoms with Crippen LogP contribution in [0.5, 0.6) is 0 Å². The van der Waals surface area contributed by atoms with Gasteiger partial charge in [-0.1, -0.05) is 50.2 Å². The van der Waals surface area contributed by atoms with E-state index >= 15 is 0 Å². The first-order valence-corrected chi connectivity index (χ1v) is 12.9. The van der Waals surface area contributed by atoms with Crippen LogP contribution in [0, 0.1) is 6.92 Å². The van der Waals surface area contributed by atoms with Crippen molar-refractivity contribution in [3.63, 3.8) is 0 Å². The van der Waals surface area contributed by atoms with Crippen LogP contribution in [0.25, 0.3) is 11.4 Å². The Hall–Kier alpha value is -3.04. The lowest BCUT2D eigenvalue weighted by atomic mass is 9.82. The highest BCUT2D eigenvalue weighted by atomic mass is 32.2. The molecule has 1 aliphatic rings. The second-order valence-corrected chi connectivity index (χ2v) is 11.1. The van der Waals surface area contributed by atoms with Crippen molar-refractivity contribution in [1.82, 2.24) is 19.3 Å². The summed E-state index contributed by atoms with van der Waals surface area (Å²) in [4.78, 5) is 19.1. The summed E-state index contributed by atoms with van der Waals surface area (Å²) in [6, 6.07) is 14.2. The number of nitrogens with zero attached hydrogens (tertiary/aromatic N) is 4. The summed E-state index contributed by atoms with van der Waals surface area (Å²) in [5.41, 5.74) is 2.41. The minimum absolute atomic E-state index is 0.00300. The molecule has 1 aromatic heterocycles. The highest BCUT2D eigenvalue weighted by Gasteiger charge is 2.31. The van der Waals surface area contributed by atoms with Crippen molar-refractivity contribution >= 4 is 15.9 Å². The van der Waals surface area contributed by atoms with Crippen molar-refractivity contribution in [1.29, 1.82) is 0 Å². The van der Waals surface area contributed by atoms with E-state index in [4.69, 9.17) is 4.52 Å². The molecule has 0 aliphatic carbocycles. The fourth-order valence-electron chi connectivity index (χ4n) is 3.92. The predicted octanol–water partition coefficient (Wildman–Crippen LogP) is 3.88. The van der Waals surface area contributed by atoms with Gasteiger partial charge in [-0.15, -0.1) is 0 Å². The van der Waals surface area contributed by atoms with Crippen LogP contribution >= 0.6 is 0 Å². The predicted molar refractivity (Wildman–Crippen MR) is 129 cm³/mol. The molecule has 0 radical (unpaired) electrons. The molecule has 3 aromatic rings. The molecule has 0 unspecified atom stereocenters. The number of hydrogen-bond donors (Lipinski definition) is 0. The first-order chi connectivity index (χ1) is 16.1. The van der Waals surface area contributed by atoms with Gasteiger partial charge in [-0.25, -0.2) is 8.42 Å². The van der Waals surface area contributed by atoms with E-state index in [1.54, 1.807) is 48.2 Å². The highest BCUT2D eigenvalue weighted by molar-refractivity contribution is 7.89. The molecule has 180 valence electrons. The molecule has 9 heteroatoms. The Labute approximate surface area is 200 Å². The van der Waals surface area contributed by atoms with Crippen LogP contribution in [-0.2, 0) is 15.4 Å². The van der Waals surface area contributed by atoms with E-state index in [9.17, 15) is 13.2 Å². The smallest absolute Gasteiger partial charge is 0.253 e. The van der Waals surface area contributed by atoms with Gasteiger partial charge in [-0.3, -0.25) is 4.79 Å². The standard InChI is InChI=1S/C25H30N4O4S/c1-5-25(3,4)21-10-12-22(13-11-21)34(31,32)29-16-14-28(15-17-29)24(30)20-8-6-19(7-9-20)23-26-18(2)33-27-23/h6-13H,5,14-17H2,1-4H3. The molecule has 1 amide bonds. The third kappa shape index (κ3) is 4.76. The van der Waals surface area contributed by atoms with Gasteiger partial charge in [0, 0.05) is 44.2 Å². The van der Waals surface area contributed by atoms with Gasteiger partial charge in [0.25, 0.3) is 5.91 Å². The van der Waals surface area contributed by atoms with Crippen molar-refractivity contribution < 1.29 is 17.7 Å². The number of sulfonamides is 1. The van der Waals surface area contributed by atoms with E-state index in [0.717, 1.165) is 17.5 Å². The molecule has 34 heavy (non-hydrogen) atoms. The van der Waals surface area contributed by atoms with Crippen molar-refractivity contribution in [2.45, 2.75) is 44.4 Å². The summed E-state index contributed by atoms with van der Waals surface area (Å²) in [5.74, 6) is 0.823. The van der Waals surface area contributed by atoms with Gasteiger partial charge < -0.3 is 9.42 Å². The van der Waals surface area contributed by atoms with Gasteiger partial charge in [0.1, 0.15) is 0 Å². The maximum Gasteiger partial charge on any atom is 0.253 e. The van der Waals surface area contributed by atoms with E-state index in [1.165, 1.54) is 4.31 Å². The fraction of sp³-hybridized carbons (Fsp3) is 0.400. The van der Waals surface area contributed by atoms with E-state index in [2.05, 4.69) is 30.9 Å². The van der Waals surface area contributed by atoms with Crippen molar-refractivity contribution in [3.8, 4) is 11.4 Å². The van der Waals surface area contributed by atoms with Crippen LogP contribution in [0.2, 0.25) is 0 Å². The van der Waals surface area contributed by atoms with Gasteiger partial charge in [-0.05, 0) is 41.7 Å². The molecule has 0 N–H and O–H groups in total. The van der Waals surface area contributed by atoms with Gasteiger partial charge in [0.2, 0.25) is 21.7 Å². The first-order valence-electron chi connectivity index (χ1n) is 11.4. The Morgan fingerprint density at radius 3 is 2.15 bits per heavy atom. The number of benzene rings is 2. The molecule has 0 saturated carbocycles. The zero-order valence-corrected chi connectivity index (χ0v) is 20.8. The van der Waals surface area contributed by atoms with Gasteiger partial charge in [0.05, 0.1) is 4.90 Å². The molecule has 1 aliphatic heterocycles. The number of hydrogen-bond acceptors (Lipinski definition) is 6. The monoisotopic (exact) mass is 482 g/mol. The van der Waals surface area contributed by atoms with Crippen molar-refractivity contribution in [3.05, 3.63) is 65.5 Å². The average Bonchev–Trinajstić information content (AvgIpc) is 3.30. The van der Waals surface area contributed by atoms with E-state index in [1.807, 2.05) is 12.1 Å². The highest BCUT2D eigenvalue weighted by Crippen LogP contribution is 2.28. The molecule has 8 nitrogen and oxygen atoms in total. The molecule has 0 spiro atoms. The molecule has 0 atom stereocenters. The van der Waals surface area contributed by atoms with Crippen molar-refractivity contribution in [2.75, 3.05) is 26.2 Å². The zero-order valence-electron chi connectivity index (χ0n) is 20.0. The Morgan fingerprint density at radius 1 is 1.00 bits per heavy atom. The molecule has 1 fully saturated rings. The molecular formula is C25H30N4O4S. The Bertz CT molecular complexity index is 1260. The summed E-state index contributed by atoms with van der Waals surface area (Å²) >= 11 is 0. The number of aromatic nitrogens is 2. The minimum atomic E-state index is -3.61. The third-order valence-electron chi connectivity index (χ3n) is 6.60. The fourth-order valence-corrected chi connectivity index (χ4v) is 5.35. The summed E-state index contributed by atoms with van der Waals surface area (Å²) in [6.07, 6.45) is 0.967.